The molecule has 4 nitrogen and oxygen atoms in total. The first-order valence-corrected chi connectivity index (χ1v) is 6.72. The molecule has 2 heterocycles. The zero-order valence-corrected chi connectivity index (χ0v) is 11.4. The smallest absolute Gasteiger partial charge is 0.181 e. The van der Waals surface area contributed by atoms with E-state index in [2.05, 4.69) is 52.4 Å². The lowest BCUT2D eigenvalue weighted by Crippen LogP contribution is -1.98. The minimum Gasteiger partial charge on any atom is -0.444 e. The van der Waals surface area contributed by atoms with Crippen LogP contribution in [0.5, 0.6) is 0 Å². The van der Waals surface area contributed by atoms with E-state index in [-0.39, 0.29) is 0 Å². The van der Waals surface area contributed by atoms with Crippen LogP contribution in [0, 0.1) is 0 Å². The number of benzene rings is 1. The zero-order chi connectivity index (χ0) is 13.8. The molecule has 0 saturated heterocycles. The molecule has 4 heteroatoms. The van der Waals surface area contributed by atoms with Gasteiger partial charge in [0.1, 0.15) is 0 Å². The van der Waals surface area contributed by atoms with Gasteiger partial charge in [0, 0.05) is 36.7 Å². The summed E-state index contributed by atoms with van der Waals surface area (Å²) < 4.78 is 7.48. The van der Waals surface area contributed by atoms with Crippen LogP contribution in [0.1, 0.15) is 12.5 Å². The maximum Gasteiger partial charge on any atom is 0.181 e. The lowest BCUT2D eigenvalue weighted by Gasteiger charge is -2.06. The van der Waals surface area contributed by atoms with Crippen molar-refractivity contribution in [2.45, 2.75) is 20.0 Å². The third kappa shape index (κ3) is 2.74. The fourth-order valence-electron chi connectivity index (χ4n) is 2.14. The first-order valence-electron chi connectivity index (χ1n) is 6.72. The Hall–Kier alpha value is -2.49. The Morgan fingerprint density at radius 1 is 1.30 bits per heavy atom. The predicted molar refractivity (Wildman–Crippen MR) is 79.4 cm³/mol. The highest BCUT2D eigenvalue weighted by Gasteiger charge is 2.02. The maximum absolute atomic E-state index is 5.31. The van der Waals surface area contributed by atoms with Crippen LogP contribution in [0.25, 0.3) is 11.3 Å². The van der Waals surface area contributed by atoms with Gasteiger partial charge in [-0.3, -0.25) is 0 Å². The molecule has 102 valence electrons. The predicted octanol–water partition coefficient (Wildman–Crippen LogP) is 3.78. The number of aromatic nitrogens is 2. The fourth-order valence-corrected chi connectivity index (χ4v) is 2.14. The van der Waals surface area contributed by atoms with Gasteiger partial charge < -0.3 is 14.3 Å². The van der Waals surface area contributed by atoms with E-state index in [9.17, 15) is 0 Å². The monoisotopic (exact) mass is 267 g/mol. The van der Waals surface area contributed by atoms with Gasteiger partial charge in [0.05, 0.1) is 6.20 Å². The van der Waals surface area contributed by atoms with Crippen molar-refractivity contribution in [3.05, 3.63) is 60.9 Å². The van der Waals surface area contributed by atoms with Gasteiger partial charge in [-0.1, -0.05) is 12.1 Å². The largest absolute Gasteiger partial charge is 0.444 e. The number of nitrogens with zero attached hydrogens (tertiary/aromatic N) is 2. The molecule has 1 N–H and O–H groups in total. The van der Waals surface area contributed by atoms with E-state index in [4.69, 9.17) is 4.42 Å². The standard InChI is InChI=1S/C16H17N3O/c1-2-19-7-6-13(11-19)9-18-15-5-3-4-14(8-15)16-10-17-12-20-16/h3-8,10-12,18H,2,9H2,1H3. The van der Waals surface area contributed by atoms with Gasteiger partial charge in [-0.05, 0) is 30.7 Å². The lowest BCUT2D eigenvalue weighted by molar-refractivity contribution is 0.572. The zero-order valence-electron chi connectivity index (χ0n) is 11.4. The van der Waals surface area contributed by atoms with Crippen LogP contribution >= 0.6 is 0 Å². The summed E-state index contributed by atoms with van der Waals surface area (Å²) in [5, 5.41) is 3.43. The molecule has 3 aromatic rings. The molecule has 20 heavy (non-hydrogen) atoms. The van der Waals surface area contributed by atoms with E-state index in [1.54, 1.807) is 6.20 Å². The molecule has 2 aromatic heterocycles. The second-order valence-corrected chi connectivity index (χ2v) is 4.65. The van der Waals surface area contributed by atoms with E-state index in [1.165, 1.54) is 12.0 Å². The average Bonchev–Trinajstić information content (AvgIpc) is 3.17. The Bertz CT molecular complexity index is 671. The molecule has 1 aromatic carbocycles. The van der Waals surface area contributed by atoms with Crippen LogP contribution in [0.15, 0.2) is 59.7 Å². The molecule has 0 atom stereocenters. The Morgan fingerprint density at radius 3 is 3.00 bits per heavy atom. The Kier molecular flexibility index (Phi) is 3.54. The highest BCUT2D eigenvalue weighted by molar-refractivity contribution is 5.63. The molecule has 0 aliphatic carbocycles. The van der Waals surface area contributed by atoms with Gasteiger partial charge in [-0.25, -0.2) is 4.98 Å². The van der Waals surface area contributed by atoms with Crippen LogP contribution in [-0.2, 0) is 13.1 Å². The van der Waals surface area contributed by atoms with Crippen LogP contribution in [0.4, 0.5) is 5.69 Å². The van der Waals surface area contributed by atoms with Gasteiger partial charge in [0.15, 0.2) is 12.2 Å². The molecular weight excluding hydrogens is 250 g/mol. The highest BCUT2D eigenvalue weighted by Crippen LogP contribution is 2.22. The molecule has 0 bridgehead atoms. The van der Waals surface area contributed by atoms with Crippen molar-refractivity contribution in [2.24, 2.45) is 0 Å². The highest BCUT2D eigenvalue weighted by atomic mass is 16.3. The molecule has 0 aliphatic rings. The molecule has 0 amide bonds. The van der Waals surface area contributed by atoms with Crippen molar-refractivity contribution in [2.75, 3.05) is 5.32 Å². The summed E-state index contributed by atoms with van der Waals surface area (Å²) in [7, 11) is 0. The minimum atomic E-state index is 0.783. The number of anilines is 1. The molecule has 0 spiro atoms. The molecule has 3 rings (SSSR count). The summed E-state index contributed by atoms with van der Waals surface area (Å²) in [6.07, 6.45) is 7.43. The lowest BCUT2D eigenvalue weighted by atomic mass is 10.1. The molecule has 0 fully saturated rings. The second kappa shape index (κ2) is 5.65. The van der Waals surface area contributed by atoms with E-state index in [0.717, 1.165) is 30.1 Å². The van der Waals surface area contributed by atoms with Crippen molar-refractivity contribution in [1.29, 1.82) is 0 Å². The molecule has 0 saturated carbocycles. The quantitative estimate of drug-likeness (QED) is 0.765. The van der Waals surface area contributed by atoms with Crippen molar-refractivity contribution >= 4 is 5.69 Å². The summed E-state index contributed by atoms with van der Waals surface area (Å²) in [5.41, 5.74) is 3.37. The number of rotatable bonds is 5. The fraction of sp³-hybridized carbons (Fsp3) is 0.188. The van der Waals surface area contributed by atoms with Crippen molar-refractivity contribution in [3.8, 4) is 11.3 Å². The Balaban J connectivity index is 1.70. The number of oxazole rings is 1. The SMILES string of the molecule is CCn1ccc(CNc2cccc(-c3cnco3)c2)c1. The third-order valence-corrected chi connectivity index (χ3v) is 3.25. The normalized spacial score (nSPS) is 10.7. The molecule has 0 unspecified atom stereocenters. The van der Waals surface area contributed by atoms with Crippen molar-refractivity contribution in [3.63, 3.8) is 0 Å². The van der Waals surface area contributed by atoms with Crippen molar-refractivity contribution in [1.82, 2.24) is 9.55 Å². The van der Waals surface area contributed by atoms with Crippen LogP contribution in [0.3, 0.4) is 0 Å². The average molecular weight is 267 g/mol. The Morgan fingerprint density at radius 2 is 2.25 bits per heavy atom. The van der Waals surface area contributed by atoms with E-state index >= 15 is 0 Å². The van der Waals surface area contributed by atoms with E-state index in [0.29, 0.717) is 0 Å². The Labute approximate surface area is 118 Å². The summed E-state index contributed by atoms with van der Waals surface area (Å²) in [6, 6.07) is 10.3. The van der Waals surface area contributed by atoms with Gasteiger partial charge in [-0.15, -0.1) is 0 Å². The summed E-state index contributed by atoms with van der Waals surface area (Å²) in [4.78, 5) is 3.94. The number of aryl methyl sites for hydroxylation is 1. The topological polar surface area (TPSA) is 43.0 Å². The molecule has 0 aliphatic heterocycles. The number of hydrogen-bond acceptors (Lipinski definition) is 3. The van der Waals surface area contributed by atoms with Gasteiger partial charge in [-0.2, -0.15) is 0 Å². The van der Waals surface area contributed by atoms with Crippen molar-refractivity contribution < 1.29 is 4.42 Å². The van der Waals surface area contributed by atoms with Gasteiger partial charge >= 0.3 is 0 Å². The maximum atomic E-state index is 5.31. The minimum absolute atomic E-state index is 0.783. The molecule has 0 radical (unpaired) electrons. The van der Waals surface area contributed by atoms with Gasteiger partial charge in [0.25, 0.3) is 0 Å². The molecular formula is C16H17N3O. The van der Waals surface area contributed by atoms with E-state index < -0.39 is 0 Å². The van der Waals surface area contributed by atoms with Crippen LogP contribution in [-0.4, -0.2) is 9.55 Å². The number of nitrogens with one attached hydrogen (secondary N) is 1. The second-order valence-electron chi connectivity index (χ2n) is 4.65. The first-order chi connectivity index (χ1) is 9.85. The summed E-state index contributed by atoms with van der Waals surface area (Å²) >= 11 is 0. The van der Waals surface area contributed by atoms with E-state index in [1.807, 2.05) is 12.1 Å². The van der Waals surface area contributed by atoms with Gasteiger partial charge in [0.2, 0.25) is 0 Å². The number of hydrogen-bond donors (Lipinski definition) is 1. The van der Waals surface area contributed by atoms with Crippen LogP contribution in [0.2, 0.25) is 0 Å². The summed E-state index contributed by atoms with van der Waals surface area (Å²) in [6.45, 7) is 3.95. The summed E-state index contributed by atoms with van der Waals surface area (Å²) in [5.74, 6) is 0.783. The van der Waals surface area contributed by atoms with Crippen LogP contribution < -0.4 is 5.32 Å². The first kappa shape index (κ1) is 12.5. The third-order valence-electron chi connectivity index (χ3n) is 3.25.